The molecule has 0 aromatic heterocycles. The van der Waals surface area contributed by atoms with Crippen molar-refractivity contribution in [1.82, 2.24) is 4.90 Å². The van der Waals surface area contributed by atoms with Crippen LogP contribution in [0.4, 0.5) is 0 Å². The molecule has 3 heteroatoms. The van der Waals surface area contributed by atoms with E-state index in [0.717, 1.165) is 31.1 Å². The molecule has 0 aliphatic carbocycles. The Bertz CT molecular complexity index is 594. The zero-order chi connectivity index (χ0) is 14.7. The Morgan fingerprint density at radius 2 is 1.90 bits per heavy atom. The van der Waals surface area contributed by atoms with Crippen LogP contribution in [0.3, 0.4) is 0 Å². The van der Waals surface area contributed by atoms with Gasteiger partial charge < -0.3 is 9.47 Å². The zero-order valence-electron chi connectivity index (χ0n) is 12.6. The van der Waals surface area contributed by atoms with Crippen molar-refractivity contribution < 1.29 is 9.47 Å². The maximum Gasteiger partial charge on any atom is 0.136 e. The summed E-state index contributed by atoms with van der Waals surface area (Å²) in [6.07, 6.45) is 0.0551. The molecule has 1 unspecified atom stereocenters. The molecule has 1 aliphatic heterocycles. The van der Waals surface area contributed by atoms with Crippen LogP contribution in [0.15, 0.2) is 48.5 Å². The molecule has 0 saturated heterocycles. The van der Waals surface area contributed by atoms with E-state index in [1.54, 1.807) is 7.11 Å². The van der Waals surface area contributed by atoms with Crippen LogP contribution in [-0.4, -0.2) is 25.1 Å². The van der Waals surface area contributed by atoms with Gasteiger partial charge in [0.15, 0.2) is 0 Å². The Kier molecular flexibility index (Phi) is 4.11. The average Bonchev–Trinajstić information content (AvgIpc) is 2.74. The normalized spacial score (nSPS) is 18.5. The van der Waals surface area contributed by atoms with Gasteiger partial charge in [-0.05, 0) is 30.3 Å². The number of para-hydroxylation sites is 1. The number of hydrogen-bond donors (Lipinski definition) is 0. The lowest BCUT2D eigenvalue weighted by atomic mass is 10.1. The summed E-state index contributed by atoms with van der Waals surface area (Å²) < 4.78 is 11.5. The SMILES string of the molecule is CCN1Cc2ccccc2OC(c2ccc(OC)cc2)C1. The molecule has 3 nitrogen and oxygen atoms in total. The zero-order valence-corrected chi connectivity index (χ0v) is 12.6. The number of fused-ring (bicyclic) bond motifs is 1. The van der Waals surface area contributed by atoms with Crippen molar-refractivity contribution in [2.24, 2.45) is 0 Å². The third-order valence-corrected chi connectivity index (χ3v) is 3.99. The molecule has 0 bridgehead atoms. The highest BCUT2D eigenvalue weighted by Crippen LogP contribution is 2.31. The Balaban J connectivity index is 1.90. The van der Waals surface area contributed by atoms with Crippen LogP contribution in [0, 0.1) is 0 Å². The highest BCUT2D eigenvalue weighted by Gasteiger charge is 2.23. The molecule has 110 valence electrons. The van der Waals surface area contributed by atoms with E-state index in [1.807, 2.05) is 18.2 Å². The predicted molar refractivity (Wildman–Crippen MR) is 83.8 cm³/mol. The van der Waals surface area contributed by atoms with E-state index in [-0.39, 0.29) is 6.10 Å². The van der Waals surface area contributed by atoms with Crippen molar-refractivity contribution in [1.29, 1.82) is 0 Å². The van der Waals surface area contributed by atoms with E-state index >= 15 is 0 Å². The average molecular weight is 283 g/mol. The van der Waals surface area contributed by atoms with E-state index in [2.05, 4.69) is 42.2 Å². The topological polar surface area (TPSA) is 21.7 Å². The van der Waals surface area contributed by atoms with Crippen LogP contribution in [0.5, 0.6) is 11.5 Å². The van der Waals surface area contributed by atoms with Gasteiger partial charge in [0.2, 0.25) is 0 Å². The lowest BCUT2D eigenvalue weighted by Crippen LogP contribution is -2.27. The molecule has 0 spiro atoms. The smallest absolute Gasteiger partial charge is 0.136 e. The van der Waals surface area contributed by atoms with E-state index in [0.29, 0.717) is 0 Å². The number of methoxy groups -OCH3 is 1. The van der Waals surface area contributed by atoms with Gasteiger partial charge in [0.25, 0.3) is 0 Å². The Morgan fingerprint density at radius 3 is 2.62 bits per heavy atom. The first-order valence-corrected chi connectivity index (χ1v) is 7.41. The molecule has 21 heavy (non-hydrogen) atoms. The summed E-state index contributed by atoms with van der Waals surface area (Å²) in [5.41, 5.74) is 2.45. The molecular formula is C18H21NO2. The minimum Gasteiger partial charge on any atom is -0.497 e. The highest BCUT2D eigenvalue weighted by atomic mass is 16.5. The quantitative estimate of drug-likeness (QED) is 0.858. The molecule has 3 rings (SSSR count). The maximum atomic E-state index is 6.27. The minimum atomic E-state index is 0.0551. The van der Waals surface area contributed by atoms with E-state index in [4.69, 9.17) is 9.47 Å². The second kappa shape index (κ2) is 6.19. The van der Waals surface area contributed by atoms with Gasteiger partial charge in [-0.2, -0.15) is 0 Å². The van der Waals surface area contributed by atoms with Gasteiger partial charge >= 0.3 is 0 Å². The first-order valence-electron chi connectivity index (χ1n) is 7.41. The Morgan fingerprint density at radius 1 is 1.14 bits per heavy atom. The number of hydrogen-bond acceptors (Lipinski definition) is 3. The molecule has 0 amide bonds. The first-order chi connectivity index (χ1) is 10.3. The fraction of sp³-hybridized carbons (Fsp3) is 0.333. The minimum absolute atomic E-state index is 0.0551. The van der Waals surface area contributed by atoms with Gasteiger partial charge in [-0.15, -0.1) is 0 Å². The van der Waals surface area contributed by atoms with Crippen LogP contribution in [0.25, 0.3) is 0 Å². The first kappa shape index (κ1) is 14.0. The molecule has 1 heterocycles. The predicted octanol–water partition coefficient (Wildman–Crippen LogP) is 3.65. The van der Waals surface area contributed by atoms with Crippen molar-refractivity contribution in [2.75, 3.05) is 20.2 Å². The number of likely N-dealkylation sites (N-methyl/N-ethyl adjacent to an activating group) is 1. The van der Waals surface area contributed by atoms with Crippen molar-refractivity contribution in [3.63, 3.8) is 0 Å². The second-order valence-electron chi connectivity index (χ2n) is 5.32. The molecule has 0 N–H and O–H groups in total. The van der Waals surface area contributed by atoms with E-state index in [1.165, 1.54) is 11.1 Å². The van der Waals surface area contributed by atoms with E-state index in [9.17, 15) is 0 Å². The summed E-state index contributed by atoms with van der Waals surface area (Å²) >= 11 is 0. The molecule has 1 aliphatic rings. The summed E-state index contributed by atoms with van der Waals surface area (Å²) in [5.74, 6) is 1.87. The Labute approximate surface area is 126 Å². The molecule has 0 radical (unpaired) electrons. The molecule has 2 aromatic rings. The lowest BCUT2D eigenvalue weighted by molar-refractivity contribution is 0.152. The summed E-state index contributed by atoms with van der Waals surface area (Å²) in [4.78, 5) is 2.42. The van der Waals surface area contributed by atoms with E-state index < -0.39 is 0 Å². The number of rotatable bonds is 3. The molecule has 0 fully saturated rings. The summed E-state index contributed by atoms with van der Waals surface area (Å²) in [7, 11) is 1.69. The molecule has 2 aromatic carbocycles. The largest absolute Gasteiger partial charge is 0.497 e. The molecule has 1 atom stereocenters. The number of nitrogens with zero attached hydrogens (tertiary/aromatic N) is 1. The number of ether oxygens (including phenoxy) is 2. The standard InChI is InChI=1S/C18H21NO2/c1-3-19-12-15-6-4-5-7-17(15)21-18(13-19)14-8-10-16(20-2)11-9-14/h4-11,18H,3,12-13H2,1-2H3. The third kappa shape index (κ3) is 3.03. The van der Waals surface area contributed by atoms with Gasteiger partial charge in [0, 0.05) is 18.7 Å². The van der Waals surface area contributed by atoms with Crippen LogP contribution in [0.2, 0.25) is 0 Å². The van der Waals surface area contributed by atoms with Crippen molar-refractivity contribution in [3.8, 4) is 11.5 Å². The molecule has 0 saturated carbocycles. The molecular weight excluding hydrogens is 262 g/mol. The van der Waals surface area contributed by atoms with Gasteiger partial charge in [0.05, 0.1) is 7.11 Å². The summed E-state index contributed by atoms with van der Waals surface area (Å²) in [5, 5.41) is 0. The second-order valence-corrected chi connectivity index (χ2v) is 5.32. The van der Waals surface area contributed by atoms with Gasteiger partial charge in [-0.3, -0.25) is 4.90 Å². The fourth-order valence-electron chi connectivity index (χ4n) is 2.71. The van der Waals surface area contributed by atoms with Gasteiger partial charge in [-0.25, -0.2) is 0 Å². The van der Waals surface area contributed by atoms with Crippen LogP contribution in [-0.2, 0) is 6.54 Å². The maximum absolute atomic E-state index is 6.27. The monoisotopic (exact) mass is 283 g/mol. The van der Waals surface area contributed by atoms with Crippen LogP contribution < -0.4 is 9.47 Å². The number of benzene rings is 2. The van der Waals surface area contributed by atoms with Crippen molar-refractivity contribution >= 4 is 0 Å². The van der Waals surface area contributed by atoms with Crippen LogP contribution in [0.1, 0.15) is 24.2 Å². The lowest BCUT2D eigenvalue weighted by Gasteiger charge is -2.23. The Hall–Kier alpha value is -2.00. The van der Waals surface area contributed by atoms with Crippen LogP contribution >= 0.6 is 0 Å². The summed E-state index contributed by atoms with van der Waals surface area (Å²) in [6, 6.07) is 16.5. The van der Waals surface area contributed by atoms with Gasteiger partial charge in [0.1, 0.15) is 17.6 Å². The van der Waals surface area contributed by atoms with Gasteiger partial charge in [-0.1, -0.05) is 37.3 Å². The van der Waals surface area contributed by atoms with Crippen molar-refractivity contribution in [2.45, 2.75) is 19.6 Å². The highest BCUT2D eigenvalue weighted by molar-refractivity contribution is 5.36. The third-order valence-electron chi connectivity index (χ3n) is 3.99. The fourth-order valence-corrected chi connectivity index (χ4v) is 2.71. The summed E-state index contributed by atoms with van der Waals surface area (Å²) in [6.45, 7) is 5.06. The van der Waals surface area contributed by atoms with Crippen molar-refractivity contribution in [3.05, 3.63) is 59.7 Å².